The van der Waals surface area contributed by atoms with E-state index >= 15 is 0 Å². The van der Waals surface area contributed by atoms with Crippen molar-refractivity contribution in [3.05, 3.63) is 12.1 Å². The Labute approximate surface area is 103 Å². The van der Waals surface area contributed by atoms with E-state index in [1.54, 1.807) is 6.07 Å². The van der Waals surface area contributed by atoms with Gasteiger partial charge in [-0.15, -0.1) is 0 Å². The van der Waals surface area contributed by atoms with Crippen LogP contribution in [0.3, 0.4) is 0 Å². The number of aromatic nitrogens is 1. The minimum atomic E-state index is 0.168. The van der Waals surface area contributed by atoms with E-state index in [1.165, 1.54) is 0 Å². The summed E-state index contributed by atoms with van der Waals surface area (Å²) in [4.78, 5) is 6.36. The molecule has 17 heavy (non-hydrogen) atoms. The average Bonchev–Trinajstić information content (AvgIpc) is 2.18. The van der Waals surface area contributed by atoms with Gasteiger partial charge in [-0.1, -0.05) is 13.8 Å². The minimum Gasteiger partial charge on any atom is -0.396 e. The van der Waals surface area contributed by atoms with Gasteiger partial charge in [-0.3, -0.25) is 0 Å². The number of nitrogens with zero attached hydrogens (tertiary/aromatic N) is 2. The van der Waals surface area contributed by atoms with E-state index in [0.29, 0.717) is 11.5 Å². The fourth-order valence-electron chi connectivity index (χ4n) is 1.83. The van der Waals surface area contributed by atoms with Crippen LogP contribution in [-0.4, -0.2) is 37.1 Å². The van der Waals surface area contributed by atoms with Gasteiger partial charge in [0.25, 0.3) is 0 Å². The molecule has 0 aliphatic carbocycles. The summed E-state index contributed by atoms with van der Waals surface area (Å²) in [5, 5.41) is 3.28. The highest BCUT2D eigenvalue weighted by Crippen LogP contribution is 2.19. The molecule has 1 aromatic heterocycles. The summed E-state index contributed by atoms with van der Waals surface area (Å²) in [6.07, 6.45) is 0. The molecule has 0 saturated heterocycles. The van der Waals surface area contributed by atoms with Crippen LogP contribution in [0.1, 0.15) is 13.8 Å². The van der Waals surface area contributed by atoms with Crippen molar-refractivity contribution in [2.24, 2.45) is 5.41 Å². The Morgan fingerprint density at radius 1 is 1.29 bits per heavy atom. The van der Waals surface area contributed by atoms with Gasteiger partial charge in [0.15, 0.2) is 0 Å². The maximum absolute atomic E-state index is 5.66. The van der Waals surface area contributed by atoms with Gasteiger partial charge >= 0.3 is 0 Å². The standard InChI is InChI=1S/C12H23N5/c1-12(2,8-17(3)4)7-15-10-6-5-9(13)11(14)16-10/h5-6H,7-8,13H2,1-4H3,(H3,14,15,16). The van der Waals surface area contributed by atoms with Gasteiger partial charge in [-0.05, 0) is 31.6 Å². The van der Waals surface area contributed by atoms with Crippen molar-refractivity contribution in [1.29, 1.82) is 0 Å². The third kappa shape index (κ3) is 4.48. The van der Waals surface area contributed by atoms with Crippen LogP contribution >= 0.6 is 0 Å². The highest BCUT2D eigenvalue weighted by Gasteiger charge is 2.18. The van der Waals surface area contributed by atoms with E-state index in [1.807, 2.05) is 6.07 Å². The van der Waals surface area contributed by atoms with Gasteiger partial charge in [-0.25, -0.2) is 4.98 Å². The Morgan fingerprint density at radius 2 is 1.94 bits per heavy atom. The van der Waals surface area contributed by atoms with Crippen molar-refractivity contribution in [3.63, 3.8) is 0 Å². The van der Waals surface area contributed by atoms with Crippen LogP contribution in [0.4, 0.5) is 17.3 Å². The number of nitrogen functional groups attached to an aromatic ring is 2. The lowest BCUT2D eigenvalue weighted by molar-refractivity contribution is 0.254. The normalized spacial score (nSPS) is 11.8. The van der Waals surface area contributed by atoms with Crippen LogP contribution < -0.4 is 16.8 Å². The molecule has 1 heterocycles. The first-order chi connectivity index (χ1) is 7.80. The fraction of sp³-hybridized carbons (Fsp3) is 0.583. The molecule has 0 aliphatic rings. The molecule has 0 aliphatic heterocycles. The Hall–Kier alpha value is -1.49. The Balaban J connectivity index is 2.58. The third-order valence-corrected chi connectivity index (χ3v) is 2.45. The second kappa shape index (κ2) is 5.23. The Bertz CT molecular complexity index is 373. The molecule has 0 saturated carbocycles. The summed E-state index contributed by atoms with van der Waals surface area (Å²) in [6, 6.07) is 3.61. The molecule has 0 atom stereocenters. The SMILES string of the molecule is CN(C)CC(C)(C)CNc1ccc(N)c(N)n1. The number of pyridine rings is 1. The van der Waals surface area contributed by atoms with Crippen LogP contribution in [0.25, 0.3) is 0 Å². The van der Waals surface area contributed by atoms with Crippen molar-refractivity contribution in [1.82, 2.24) is 9.88 Å². The first kappa shape index (κ1) is 13.6. The largest absolute Gasteiger partial charge is 0.396 e. The zero-order valence-electron chi connectivity index (χ0n) is 11.1. The molecule has 0 fully saturated rings. The maximum atomic E-state index is 5.66. The van der Waals surface area contributed by atoms with E-state index in [-0.39, 0.29) is 5.41 Å². The first-order valence-electron chi connectivity index (χ1n) is 5.71. The molecule has 0 unspecified atom stereocenters. The van der Waals surface area contributed by atoms with E-state index in [4.69, 9.17) is 11.5 Å². The first-order valence-corrected chi connectivity index (χ1v) is 5.71. The highest BCUT2D eigenvalue weighted by molar-refractivity contribution is 5.61. The molecule has 5 N–H and O–H groups in total. The van der Waals surface area contributed by atoms with Gasteiger partial charge in [0, 0.05) is 13.1 Å². The third-order valence-electron chi connectivity index (χ3n) is 2.45. The number of rotatable bonds is 5. The number of nitrogens with two attached hydrogens (primary N) is 2. The topological polar surface area (TPSA) is 80.2 Å². The summed E-state index contributed by atoms with van der Waals surface area (Å²) in [5.74, 6) is 1.14. The van der Waals surface area contributed by atoms with E-state index in [2.05, 4.69) is 43.1 Å². The van der Waals surface area contributed by atoms with E-state index < -0.39 is 0 Å². The van der Waals surface area contributed by atoms with Gasteiger partial charge in [0.05, 0.1) is 5.69 Å². The van der Waals surface area contributed by atoms with Crippen molar-refractivity contribution >= 4 is 17.3 Å². The number of anilines is 3. The molecule has 1 aromatic rings. The second-order valence-corrected chi connectivity index (χ2v) is 5.43. The van der Waals surface area contributed by atoms with Gasteiger partial charge in [0.2, 0.25) is 0 Å². The second-order valence-electron chi connectivity index (χ2n) is 5.43. The molecule has 0 bridgehead atoms. The van der Waals surface area contributed by atoms with Crippen molar-refractivity contribution in [2.45, 2.75) is 13.8 Å². The average molecular weight is 237 g/mol. The lowest BCUT2D eigenvalue weighted by Gasteiger charge is -2.28. The summed E-state index contributed by atoms with van der Waals surface area (Å²) in [5.41, 5.74) is 12.0. The molecule has 0 amide bonds. The molecule has 5 heteroatoms. The van der Waals surface area contributed by atoms with Crippen molar-refractivity contribution in [2.75, 3.05) is 44.0 Å². The lowest BCUT2D eigenvalue weighted by atomic mass is 9.93. The van der Waals surface area contributed by atoms with Crippen molar-refractivity contribution in [3.8, 4) is 0 Å². The summed E-state index contributed by atoms with van der Waals surface area (Å²) in [7, 11) is 4.14. The minimum absolute atomic E-state index is 0.168. The molecule has 5 nitrogen and oxygen atoms in total. The van der Waals surface area contributed by atoms with Gasteiger partial charge < -0.3 is 21.7 Å². The van der Waals surface area contributed by atoms with Crippen LogP contribution in [0.2, 0.25) is 0 Å². The summed E-state index contributed by atoms with van der Waals surface area (Å²) >= 11 is 0. The summed E-state index contributed by atoms with van der Waals surface area (Å²) in [6.45, 7) is 6.26. The van der Waals surface area contributed by atoms with Crippen molar-refractivity contribution < 1.29 is 0 Å². The molecule has 0 radical (unpaired) electrons. The fourth-order valence-corrected chi connectivity index (χ4v) is 1.83. The number of hydrogen-bond donors (Lipinski definition) is 3. The Kier molecular flexibility index (Phi) is 4.17. The van der Waals surface area contributed by atoms with Crippen LogP contribution in [0, 0.1) is 5.41 Å². The quantitative estimate of drug-likeness (QED) is 0.718. The van der Waals surface area contributed by atoms with Crippen LogP contribution in [-0.2, 0) is 0 Å². The molecular weight excluding hydrogens is 214 g/mol. The molecule has 0 spiro atoms. The number of nitrogens with one attached hydrogen (secondary N) is 1. The lowest BCUT2D eigenvalue weighted by Crippen LogP contribution is -2.34. The van der Waals surface area contributed by atoms with E-state index in [0.717, 1.165) is 18.9 Å². The number of hydrogen-bond acceptors (Lipinski definition) is 5. The van der Waals surface area contributed by atoms with Gasteiger partial charge in [-0.2, -0.15) is 0 Å². The van der Waals surface area contributed by atoms with Crippen LogP contribution in [0.5, 0.6) is 0 Å². The van der Waals surface area contributed by atoms with Gasteiger partial charge in [0.1, 0.15) is 11.6 Å². The summed E-state index contributed by atoms with van der Waals surface area (Å²) < 4.78 is 0. The Morgan fingerprint density at radius 3 is 2.47 bits per heavy atom. The smallest absolute Gasteiger partial charge is 0.149 e. The van der Waals surface area contributed by atoms with E-state index in [9.17, 15) is 0 Å². The zero-order valence-corrected chi connectivity index (χ0v) is 11.1. The highest BCUT2D eigenvalue weighted by atomic mass is 15.1. The zero-order chi connectivity index (χ0) is 13.1. The molecule has 0 aromatic carbocycles. The molecule has 1 rings (SSSR count). The molecular formula is C12H23N5. The predicted octanol–water partition coefficient (Wildman–Crippen LogP) is 1.25. The molecule has 96 valence electrons. The monoisotopic (exact) mass is 237 g/mol. The predicted molar refractivity (Wildman–Crippen MR) is 73.9 cm³/mol. The maximum Gasteiger partial charge on any atom is 0.149 e. The van der Waals surface area contributed by atoms with Crippen LogP contribution in [0.15, 0.2) is 12.1 Å².